The van der Waals surface area contributed by atoms with E-state index in [0.717, 1.165) is 12.2 Å². The molecule has 0 spiro atoms. The molecule has 0 radical (unpaired) electrons. The second-order valence-electron chi connectivity index (χ2n) is 4.56. The van der Waals surface area contributed by atoms with Gasteiger partial charge in [-0.15, -0.1) is 0 Å². The van der Waals surface area contributed by atoms with Gasteiger partial charge in [0, 0.05) is 23.1 Å². The molecule has 0 fully saturated rings. The number of hydrogen-bond donors (Lipinski definition) is 0. The third kappa shape index (κ3) is 1.64. The molecule has 2 atom stereocenters. The lowest BCUT2D eigenvalue weighted by molar-refractivity contribution is -0.523. The Kier molecular flexibility index (Phi) is 2.60. The second-order valence-corrected chi connectivity index (χ2v) is 5.63. The highest BCUT2D eigenvalue weighted by Crippen LogP contribution is 2.44. The van der Waals surface area contributed by atoms with Crippen molar-refractivity contribution in [2.45, 2.75) is 18.7 Å². The predicted octanol–water partition coefficient (Wildman–Crippen LogP) is 2.98. The molecule has 2 aliphatic rings. The Bertz CT molecular complexity index is 501. The van der Waals surface area contributed by atoms with Crippen molar-refractivity contribution < 1.29 is 4.58 Å². The maximum Gasteiger partial charge on any atom is 0.198 e. The molecular weight excluding hydrogens is 228 g/mol. The third-order valence-electron chi connectivity index (χ3n) is 3.49. The first-order chi connectivity index (χ1) is 8.31. The van der Waals surface area contributed by atoms with E-state index in [2.05, 4.69) is 41.8 Å². The maximum absolute atomic E-state index is 9.17. The molecule has 3 heteroatoms. The molecule has 2 heterocycles. The molecule has 3 rings (SSSR count). The van der Waals surface area contributed by atoms with Crippen molar-refractivity contribution in [3.63, 3.8) is 0 Å². The Hall–Kier alpha value is -1.40. The van der Waals surface area contributed by atoms with Gasteiger partial charge in [0.1, 0.15) is 0 Å². The van der Waals surface area contributed by atoms with Crippen LogP contribution in [0.15, 0.2) is 30.3 Å². The summed E-state index contributed by atoms with van der Waals surface area (Å²) >= 11 is 1.93. The van der Waals surface area contributed by atoms with E-state index in [-0.39, 0.29) is 5.92 Å². The summed E-state index contributed by atoms with van der Waals surface area (Å²) in [5.41, 5.74) is 2.65. The van der Waals surface area contributed by atoms with Gasteiger partial charge in [-0.25, -0.2) is 0 Å². The summed E-state index contributed by atoms with van der Waals surface area (Å²) in [5, 5.41) is 9.55. The topological polar surface area (TPSA) is 26.8 Å². The number of hydrogen-bond acceptors (Lipinski definition) is 2. The zero-order valence-electron chi connectivity index (χ0n) is 9.76. The van der Waals surface area contributed by atoms with Crippen LogP contribution in [0.4, 0.5) is 0 Å². The lowest BCUT2D eigenvalue weighted by Crippen LogP contribution is -2.16. The van der Waals surface area contributed by atoms with E-state index in [1.54, 1.807) is 0 Å². The number of nitriles is 1. The van der Waals surface area contributed by atoms with Gasteiger partial charge in [-0.2, -0.15) is 5.26 Å². The monoisotopic (exact) mass is 242 g/mol. The summed E-state index contributed by atoms with van der Waals surface area (Å²) in [5.74, 6) is 1.10. The van der Waals surface area contributed by atoms with Crippen LogP contribution in [-0.2, 0) is 0 Å². The van der Waals surface area contributed by atoms with Gasteiger partial charge >= 0.3 is 0 Å². The molecule has 0 aliphatic carbocycles. The smallest absolute Gasteiger partial charge is 0.198 e. The molecule has 17 heavy (non-hydrogen) atoms. The molecular formula is C14H14N2S. The zero-order chi connectivity index (χ0) is 11.8. The quantitative estimate of drug-likeness (QED) is 0.559. The van der Waals surface area contributed by atoms with Crippen LogP contribution in [0.25, 0.3) is 0 Å². The fourth-order valence-electron chi connectivity index (χ4n) is 2.67. The summed E-state index contributed by atoms with van der Waals surface area (Å²) in [6, 6.07) is 14.3. The van der Waals surface area contributed by atoms with E-state index < -0.39 is 0 Å². The first kappa shape index (κ1) is 10.7. The lowest BCUT2D eigenvalue weighted by atomic mass is 10.0. The number of benzene rings is 1. The normalized spacial score (nSPS) is 27.2. The van der Waals surface area contributed by atoms with Gasteiger partial charge in [-0.3, -0.25) is 0 Å². The Morgan fingerprint density at radius 3 is 2.88 bits per heavy atom. The zero-order valence-corrected chi connectivity index (χ0v) is 10.6. The molecule has 0 N–H and O–H groups in total. The average molecular weight is 242 g/mol. The maximum atomic E-state index is 9.17. The highest BCUT2D eigenvalue weighted by Gasteiger charge is 2.39. The Labute approximate surface area is 106 Å². The summed E-state index contributed by atoms with van der Waals surface area (Å²) < 4.78 is 2.38. The van der Waals surface area contributed by atoms with Crippen LogP contribution >= 0.6 is 11.8 Å². The molecule has 86 valence electrons. The van der Waals surface area contributed by atoms with Crippen LogP contribution in [0.5, 0.6) is 0 Å². The van der Waals surface area contributed by atoms with Crippen LogP contribution in [0.2, 0.25) is 0 Å². The fraction of sp³-hybridized carbons (Fsp3) is 0.357. The number of thioether (sulfide) groups is 1. The molecule has 0 amide bonds. The predicted molar refractivity (Wildman–Crippen MR) is 69.5 cm³/mol. The minimum atomic E-state index is 0.108. The lowest BCUT2D eigenvalue weighted by Gasteiger charge is -2.19. The van der Waals surface area contributed by atoms with Crippen molar-refractivity contribution in [3.05, 3.63) is 41.9 Å². The SMILES string of the molecule is C[C-]1CC(C#N)C2=[N+]1[C@@H](c1ccccc1)SC2. The van der Waals surface area contributed by atoms with Crippen molar-refractivity contribution in [1.29, 1.82) is 5.26 Å². The van der Waals surface area contributed by atoms with Crippen LogP contribution in [0.3, 0.4) is 0 Å². The molecule has 1 unspecified atom stereocenters. The van der Waals surface area contributed by atoms with Gasteiger partial charge in [0.25, 0.3) is 0 Å². The molecule has 0 aromatic heterocycles. The van der Waals surface area contributed by atoms with Gasteiger partial charge < -0.3 is 4.58 Å². The summed E-state index contributed by atoms with van der Waals surface area (Å²) in [6.45, 7) is 2.15. The fourth-order valence-corrected chi connectivity index (χ4v) is 4.15. The van der Waals surface area contributed by atoms with Crippen molar-refractivity contribution in [3.8, 4) is 6.07 Å². The number of nitrogens with zero attached hydrogens (tertiary/aromatic N) is 2. The standard InChI is InChI=1S/C14H14N2S/c1-10-7-12(8-15)13-9-17-14(16(10)13)11-5-3-2-4-6-11/h2-6,12,14H,7,9H2,1H3/t12?,14-/m1/s1. The first-order valence-electron chi connectivity index (χ1n) is 5.85. The number of rotatable bonds is 1. The second kappa shape index (κ2) is 4.12. The van der Waals surface area contributed by atoms with Crippen molar-refractivity contribution in [2.24, 2.45) is 5.92 Å². The van der Waals surface area contributed by atoms with E-state index in [1.165, 1.54) is 17.3 Å². The van der Waals surface area contributed by atoms with E-state index in [1.807, 2.05) is 17.8 Å². The van der Waals surface area contributed by atoms with Crippen LogP contribution < -0.4 is 0 Å². The van der Waals surface area contributed by atoms with Crippen molar-refractivity contribution >= 4 is 17.5 Å². The minimum Gasteiger partial charge on any atom is -0.347 e. The van der Waals surface area contributed by atoms with Gasteiger partial charge in [-0.05, 0) is 6.42 Å². The third-order valence-corrected chi connectivity index (χ3v) is 4.75. The van der Waals surface area contributed by atoms with Crippen LogP contribution in [0.1, 0.15) is 24.3 Å². The van der Waals surface area contributed by atoms with Crippen molar-refractivity contribution in [1.82, 2.24) is 0 Å². The van der Waals surface area contributed by atoms with Gasteiger partial charge in [0.15, 0.2) is 5.37 Å². The van der Waals surface area contributed by atoms with E-state index in [0.29, 0.717) is 5.37 Å². The molecule has 0 bridgehead atoms. The van der Waals surface area contributed by atoms with Crippen molar-refractivity contribution in [2.75, 3.05) is 5.75 Å². The van der Waals surface area contributed by atoms with Crippen LogP contribution in [-0.4, -0.2) is 16.0 Å². The highest BCUT2D eigenvalue weighted by atomic mass is 32.2. The molecule has 2 nitrogen and oxygen atoms in total. The highest BCUT2D eigenvalue weighted by molar-refractivity contribution is 8.00. The summed E-state index contributed by atoms with van der Waals surface area (Å²) in [4.78, 5) is 0. The summed E-state index contributed by atoms with van der Waals surface area (Å²) in [6.07, 6.45) is 0.912. The van der Waals surface area contributed by atoms with Crippen LogP contribution in [0, 0.1) is 23.3 Å². The molecule has 2 aliphatic heterocycles. The largest absolute Gasteiger partial charge is 0.347 e. The molecule has 1 aromatic carbocycles. The van der Waals surface area contributed by atoms with E-state index >= 15 is 0 Å². The first-order valence-corrected chi connectivity index (χ1v) is 6.89. The van der Waals surface area contributed by atoms with E-state index in [9.17, 15) is 0 Å². The van der Waals surface area contributed by atoms with E-state index in [4.69, 9.17) is 5.26 Å². The molecule has 1 aromatic rings. The molecule has 0 saturated carbocycles. The Morgan fingerprint density at radius 1 is 1.41 bits per heavy atom. The summed E-state index contributed by atoms with van der Waals surface area (Å²) in [7, 11) is 0. The van der Waals surface area contributed by atoms with Gasteiger partial charge in [0.2, 0.25) is 0 Å². The minimum absolute atomic E-state index is 0.108. The van der Waals surface area contributed by atoms with Gasteiger partial charge in [-0.1, -0.05) is 49.0 Å². The molecule has 0 saturated heterocycles. The Balaban J connectivity index is 1.99. The van der Waals surface area contributed by atoms with Gasteiger partial charge in [0.05, 0.1) is 12.0 Å². The average Bonchev–Trinajstić information content (AvgIpc) is 2.92. The Morgan fingerprint density at radius 2 is 2.18 bits per heavy atom.